The highest BCUT2D eigenvalue weighted by Crippen LogP contribution is 2.44. The summed E-state index contributed by atoms with van der Waals surface area (Å²) >= 11 is 3.30. The monoisotopic (exact) mass is 1720 g/mol. The van der Waals surface area contributed by atoms with Gasteiger partial charge >= 0.3 is 6.18 Å². The first-order chi connectivity index (χ1) is 57.4. The zero-order chi connectivity index (χ0) is 92.1. The minimum Gasteiger partial charge on any atom is -0.378 e. The van der Waals surface area contributed by atoms with Gasteiger partial charge in [-0.1, -0.05) is 355 Å². The SMILES string of the molecule is C=C/C=C(/C=C/C=C(C)/C=C/C1=C(C)CCCC1(C)C)C(F)(F)F.CC(/C=C/C=C(C)/C=C/C1=CCCCC1(C)C)=C\C=C\C=O.CC1=C(/C=C/C(C)=C/C=C/C(Br)=C/C=O)C(C)(C)CCC1.CC1=C(/C=C/C(C)=C/C=C/C(C)=C/C=O)C(C)(C)CC=C1.CC1=C(/C=C/C(C)=C/C=C/C(C)=C/C=O)C(C)(C)CC=C1.CN(C)c1ccc(/C=C/C=O)cc1. The molecule has 0 N–H and O–H groups in total. The van der Waals surface area contributed by atoms with Crippen molar-refractivity contribution in [2.75, 3.05) is 19.0 Å². The van der Waals surface area contributed by atoms with Gasteiger partial charge in [-0.3, -0.25) is 24.0 Å². The van der Waals surface area contributed by atoms with E-state index in [4.69, 9.17) is 0 Å². The molecule has 5 aliphatic rings. The summed E-state index contributed by atoms with van der Waals surface area (Å²) in [6.07, 6.45) is 89.1. The van der Waals surface area contributed by atoms with E-state index in [0.29, 0.717) is 5.41 Å². The summed E-state index contributed by atoms with van der Waals surface area (Å²) in [7, 11) is 3.99. The fourth-order valence-corrected chi connectivity index (χ4v) is 14.2. The van der Waals surface area contributed by atoms with E-state index >= 15 is 0 Å². The molecule has 1 aromatic rings. The Hall–Kier alpha value is -10.2. The van der Waals surface area contributed by atoms with Crippen molar-refractivity contribution in [1.29, 1.82) is 0 Å². The molecule has 0 aromatic heterocycles. The number of anilines is 1. The second-order valence-corrected chi connectivity index (χ2v) is 36.0. The number of hydrogen-bond donors (Lipinski definition) is 0. The highest BCUT2D eigenvalue weighted by molar-refractivity contribution is 9.11. The van der Waals surface area contributed by atoms with Gasteiger partial charge in [-0.25, -0.2) is 0 Å². The van der Waals surface area contributed by atoms with Crippen molar-refractivity contribution >= 4 is 59.1 Å². The van der Waals surface area contributed by atoms with E-state index in [1.54, 1.807) is 30.4 Å². The van der Waals surface area contributed by atoms with Crippen LogP contribution in [0.1, 0.15) is 229 Å². The van der Waals surface area contributed by atoms with Crippen LogP contribution in [-0.2, 0) is 24.0 Å². The second kappa shape index (κ2) is 58.0. The van der Waals surface area contributed by atoms with Crippen LogP contribution in [0.5, 0.6) is 0 Å². The molecule has 0 unspecified atom stereocenters. The first-order valence-electron chi connectivity index (χ1n) is 42.5. The summed E-state index contributed by atoms with van der Waals surface area (Å²) in [5.74, 6) is 0. The number of halogens is 4. The molecule has 0 fully saturated rings. The Kier molecular flexibility index (Phi) is 52.2. The number of nitrogens with zero attached hydrogens (tertiary/aromatic N) is 1. The van der Waals surface area contributed by atoms with Crippen LogP contribution in [0.25, 0.3) is 6.08 Å². The van der Waals surface area contributed by atoms with E-state index < -0.39 is 11.7 Å². The number of benzene rings is 1. The number of carbonyl (C=O) groups is 5. The molecule has 5 aliphatic carbocycles. The van der Waals surface area contributed by atoms with Crippen molar-refractivity contribution in [1.82, 2.24) is 0 Å². The van der Waals surface area contributed by atoms with Crippen molar-refractivity contribution in [3.05, 3.63) is 378 Å². The minimum atomic E-state index is -4.36. The van der Waals surface area contributed by atoms with E-state index in [-0.39, 0.29) is 21.7 Å². The lowest BCUT2D eigenvalue weighted by Crippen LogP contribution is -2.19. The van der Waals surface area contributed by atoms with Crippen molar-refractivity contribution < 1.29 is 37.1 Å². The predicted molar refractivity (Wildman–Crippen MR) is 529 cm³/mol. The van der Waals surface area contributed by atoms with Crippen molar-refractivity contribution in [3.8, 4) is 0 Å². The summed E-state index contributed by atoms with van der Waals surface area (Å²) in [6.45, 7) is 51.1. The number of hydrogen-bond acceptors (Lipinski definition) is 6. The Morgan fingerprint density at radius 2 is 0.754 bits per heavy atom. The second-order valence-electron chi connectivity index (χ2n) is 35.0. The molecule has 0 bridgehead atoms. The maximum atomic E-state index is 12.7. The molecule has 0 heterocycles. The van der Waals surface area contributed by atoms with Crippen molar-refractivity contribution in [3.63, 3.8) is 0 Å². The molecule has 656 valence electrons. The van der Waals surface area contributed by atoms with Crippen LogP contribution in [0, 0.1) is 27.1 Å². The number of alkyl halides is 3. The van der Waals surface area contributed by atoms with Crippen molar-refractivity contribution in [2.45, 2.75) is 229 Å². The highest BCUT2D eigenvalue weighted by atomic mass is 79.9. The largest absolute Gasteiger partial charge is 0.416 e. The van der Waals surface area contributed by atoms with Gasteiger partial charge < -0.3 is 4.90 Å². The summed E-state index contributed by atoms with van der Waals surface area (Å²) in [6, 6.07) is 8.00. The van der Waals surface area contributed by atoms with Gasteiger partial charge in [-0.2, -0.15) is 13.2 Å². The van der Waals surface area contributed by atoms with E-state index in [9.17, 15) is 37.1 Å². The molecule has 0 saturated carbocycles. The smallest absolute Gasteiger partial charge is 0.378 e. The van der Waals surface area contributed by atoms with Gasteiger partial charge in [0.15, 0.2) is 0 Å². The van der Waals surface area contributed by atoms with Crippen LogP contribution in [0.3, 0.4) is 0 Å². The summed E-state index contributed by atoms with van der Waals surface area (Å²) < 4.78 is 39.0. The van der Waals surface area contributed by atoms with E-state index in [1.165, 1.54) is 142 Å². The fraction of sp³-hybridized carbons (Fsp3) is 0.366. The van der Waals surface area contributed by atoms with Gasteiger partial charge in [0.25, 0.3) is 0 Å². The van der Waals surface area contributed by atoms with Gasteiger partial charge in [0.05, 0.1) is 5.57 Å². The first-order valence-corrected chi connectivity index (χ1v) is 43.3. The zero-order valence-corrected chi connectivity index (χ0v) is 79.9. The van der Waals surface area contributed by atoms with Gasteiger partial charge in [0.1, 0.15) is 31.4 Å². The lowest BCUT2D eigenvalue weighted by Gasteiger charge is -2.33. The number of rotatable bonds is 29. The molecule has 0 spiro atoms. The topological polar surface area (TPSA) is 88.6 Å². The maximum absolute atomic E-state index is 12.7. The van der Waals surface area contributed by atoms with Crippen LogP contribution in [0.15, 0.2) is 373 Å². The van der Waals surface area contributed by atoms with Crippen molar-refractivity contribution in [2.24, 2.45) is 27.1 Å². The molecule has 0 amide bonds. The molecule has 1 aromatic carbocycles. The molecule has 0 saturated heterocycles. The maximum Gasteiger partial charge on any atom is 0.416 e. The lowest BCUT2D eigenvalue weighted by molar-refractivity contribution is -0.104. The Labute approximate surface area is 744 Å². The Bertz CT molecular complexity index is 4510. The van der Waals surface area contributed by atoms with Gasteiger partial charge in [0.2, 0.25) is 0 Å². The van der Waals surface area contributed by atoms with Crippen LogP contribution >= 0.6 is 15.9 Å². The van der Waals surface area contributed by atoms with Gasteiger partial charge in [-0.05, 0) is 285 Å². The van der Waals surface area contributed by atoms with E-state index in [0.717, 1.165) is 113 Å². The number of carbonyl (C=O) groups excluding carboxylic acids is 5. The standard InChI is InChI=1S/C21H27F3.C21H28O.2C20H26O.C19H25BrO.C11H13NO/c1-6-9-18(21(22,23)24)12-7-10-16(2)13-14-19-17(3)11-8-15-20(19,4)5;1-18(10-6-8-17-22)11-9-12-19(2)14-15-20-13-5-7-16-21(20,3)4;2*1-16(8-6-9-17(2)13-15-21)11-12-19-18(3)10-7-14-20(19,4)5;1-15(7-5-9-17(20)12-14-21)10-11-18-16(2)8-6-13-19(18,3)4;1-12(2)11-7-5-10(6-8-11)4-3-9-13/h6-7,9-10,12-14H,1,8,11,15H2,2-5H3;6,8-15,17H,5,7,16H2,1-4H3;2*6-13,15H,14H2,1-5H3;5,7,9-12,14H,6,8,13H2,1-4H3;3-9H,1-2H3/b12-7+,14-13+,16-10+,18-9-;8-6+,11-9+,15-14+,18-10+,19-12+;2*9-6+,12-11+,16-8+,17-13+;9-5+,11-10+,15-7+,17-12-;4-3+. The number of aldehydes is 5. The summed E-state index contributed by atoms with van der Waals surface area (Å²) in [5, 5.41) is 0. The first kappa shape index (κ1) is 110. The van der Waals surface area contributed by atoms with Crippen LogP contribution in [-0.4, -0.2) is 51.7 Å². The molecule has 6 rings (SSSR count). The van der Waals surface area contributed by atoms with Crippen LogP contribution in [0.4, 0.5) is 18.9 Å². The Morgan fingerprint density at radius 3 is 1.11 bits per heavy atom. The third-order valence-electron chi connectivity index (χ3n) is 21.4. The summed E-state index contributed by atoms with van der Waals surface area (Å²) in [4.78, 5) is 53.3. The Morgan fingerprint density at radius 1 is 0.393 bits per heavy atom. The normalized spacial score (nSPS) is 19.1. The molecule has 10 heteroatoms. The molecular formula is C112H145BrF3NO5. The van der Waals surface area contributed by atoms with E-state index in [1.807, 2.05) is 138 Å². The van der Waals surface area contributed by atoms with E-state index in [2.05, 4.69) is 250 Å². The third-order valence-corrected chi connectivity index (χ3v) is 21.9. The summed E-state index contributed by atoms with van der Waals surface area (Å²) in [5.41, 5.74) is 24.0. The fourth-order valence-electron chi connectivity index (χ4n) is 13.9. The molecule has 0 aliphatic heterocycles. The highest BCUT2D eigenvalue weighted by Gasteiger charge is 2.32. The number of allylic oxidation sites excluding steroid dienone is 58. The Balaban J connectivity index is 0.000000737. The lowest BCUT2D eigenvalue weighted by atomic mass is 9.72. The van der Waals surface area contributed by atoms with Crippen LogP contribution in [0.2, 0.25) is 0 Å². The molecule has 122 heavy (non-hydrogen) atoms. The average molecular weight is 1720 g/mol. The average Bonchev–Trinajstić information content (AvgIpc) is 0.831. The van der Waals surface area contributed by atoms with Crippen LogP contribution < -0.4 is 4.90 Å². The zero-order valence-electron chi connectivity index (χ0n) is 78.3. The minimum absolute atomic E-state index is 0.158. The molecule has 0 radical (unpaired) electrons. The quantitative estimate of drug-likeness (QED) is 0.0451. The third kappa shape index (κ3) is 46.2. The molecule has 0 atom stereocenters. The molecule has 6 nitrogen and oxygen atoms in total. The predicted octanol–water partition coefficient (Wildman–Crippen LogP) is 32.1. The molecular weight excluding hydrogens is 1580 g/mol. The van der Waals surface area contributed by atoms with Gasteiger partial charge in [0, 0.05) is 24.3 Å². The van der Waals surface area contributed by atoms with Gasteiger partial charge in [-0.15, -0.1) is 0 Å².